The molecule has 26 heavy (non-hydrogen) atoms. The second-order valence-corrected chi connectivity index (χ2v) is 5.57. The van der Waals surface area contributed by atoms with E-state index in [-0.39, 0.29) is 22.3 Å². The molecule has 6 nitrogen and oxygen atoms in total. The van der Waals surface area contributed by atoms with Gasteiger partial charge in [0.05, 0.1) is 12.1 Å². The zero-order valence-corrected chi connectivity index (χ0v) is 14.4. The summed E-state index contributed by atoms with van der Waals surface area (Å²) in [4.78, 5) is 35.6. The number of hydrogen-bond donors (Lipinski definition) is 0. The number of carbonyl (C=O) groups is 3. The molecule has 138 valence electrons. The van der Waals surface area contributed by atoms with E-state index in [0.29, 0.717) is 5.56 Å². The number of benzene rings is 1. The topological polar surface area (TPSA) is 78.9 Å². The van der Waals surface area contributed by atoms with Gasteiger partial charge in [-0.3, -0.25) is 14.4 Å². The van der Waals surface area contributed by atoms with Gasteiger partial charge in [0.25, 0.3) is 0 Å². The molecule has 0 radical (unpaired) electrons. The molecule has 1 atom stereocenters. The number of methoxy groups -OCH3 is 1. The fourth-order valence-electron chi connectivity index (χ4n) is 2.22. The van der Waals surface area contributed by atoms with Crippen molar-refractivity contribution < 1.29 is 37.4 Å². The average molecular weight is 387 g/mol. The van der Waals surface area contributed by atoms with Crippen LogP contribution >= 0.6 is 11.6 Å². The van der Waals surface area contributed by atoms with Gasteiger partial charge < -0.3 is 14.2 Å². The van der Waals surface area contributed by atoms with E-state index in [0.717, 1.165) is 12.2 Å². The lowest BCUT2D eigenvalue weighted by Crippen LogP contribution is -2.34. The van der Waals surface area contributed by atoms with Crippen molar-refractivity contribution >= 4 is 35.2 Å². The molecule has 1 aliphatic rings. The van der Waals surface area contributed by atoms with Crippen LogP contribution in [0.15, 0.2) is 30.0 Å². The predicted octanol–water partition coefficient (Wildman–Crippen LogP) is 3.18. The Bertz CT molecular complexity index is 816. The average Bonchev–Trinajstić information content (AvgIpc) is 2.53. The van der Waals surface area contributed by atoms with Gasteiger partial charge in [-0.15, -0.1) is 0 Å². The van der Waals surface area contributed by atoms with Crippen molar-refractivity contribution in [3.05, 3.63) is 40.6 Å². The van der Waals surface area contributed by atoms with Gasteiger partial charge in [-0.05, 0) is 30.7 Å². The predicted molar refractivity (Wildman–Crippen MR) is 87.0 cm³/mol. The summed E-state index contributed by atoms with van der Waals surface area (Å²) in [6.07, 6.45) is 3.32. The first kappa shape index (κ1) is 19.6. The fraction of sp³-hybridized carbons (Fsp3) is 0.235. The Hall–Kier alpha value is -2.74. The summed E-state index contributed by atoms with van der Waals surface area (Å²) in [6.45, 7) is -1.67. The SMILES string of the molecule is COc1cc(C=CC(=O)C2C(=O)C=C(C)OC2=O)cc(Cl)c1OC(F)F. The van der Waals surface area contributed by atoms with Crippen LogP contribution < -0.4 is 9.47 Å². The normalized spacial score (nSPS) is 17.3. The van der Waals surface area contributed by atoms with Gasteiger partial charge in [-0.25, -0.2) is 0 Å². The number of rotatable bonds is 6. The number of allylic oxidation sites excluding steroid dienone is 3. The lowest BCUT2D eigenvalue weighted by atomic mass is 9.96. The highest BCUT2D eigenvalue weighted by molar-refractivity contribution is 6.32. The van der Waals surface area contributed by atoms with Crippen LogP contribution in [0.1, 0.15) is 12.5 Å². The molecule has 0 spiro atoms. The van der Waals surface area contributed by atoms with Crippen LogP contribution in [0.2, 0.25) is 5.02 Å². The molecule has 0 N–H and O–H groups in total. The van der Waals surface area contributed by atoms with Crippen LogP contribution in [0, 0.1) is 5.92 Å². The Morgan fingerprint density at radius 2 is 2.04 bits per heavy atom. The molecule has 1 aromatic carbocycles. The summed E-state index contributed by atoms with van der Waals surface area (Å²) in [5, 5.41) is -0.163. The van der Waals surface area contributed by atoms with Gasteiger partial charge in [0.2, 0.25) is 0 Å². The maximum Gasteiger partial charge on any atom is 0.387 e. The molecule has 1 aliphatic heterocycles. The summed E-state index contributed by atoms with van der Waals surface area (Å²) < 4.78 is 38.8. The number of hydrogen-bond acceptors (Lipinski definition) is 6. The van der Waals surface area contributed by atoms with Crippen LogP contribution in [0.4, 0.5) is 8.78 Å². The van der Waals surface area contributed by atoms with E-state index in [2.05, 4.69) is 4.74 Å². The number of ether oxygens (including phenoxy) is 3. The first-order chi connectivity index (χ1) is 12.2. The molecule has 1 heterocycles. The molecule has 2 rings (SSSR count). The van der Waals surface area contributed by atoms with Crippen LogP contribution in [0.25, 0.3) is 6.08 Å². The summed E-state index contributed by atoms with van der Waals surface area (Å²) in [6, 6.07) is 2.56. The largest absolute Gasteiger partial charge is 0.493 e. The second-order valence-electron chi connectivity index (χ2n) is 5.16. The minimum Gasteiger partial charge on any atom is -0.493 e. The molecule has 0 saturated heterocycles. The summed E-state index contributed by atoms with van der Waals surface area (Å²) in [5.74, 6) is -4.30. The highest BCUT2D eigenvalue weighted by Crippen LogP contribution is 2.37. The van der Waals surface area contributed by atoms with E-state index in [1.807, 2.05) is 0 Å². The van der Waals surface area contributed by atoms with Crippen molar-refractivity contribution in [2.45, 2.75) is 13.5 Å². The van der Waals surface area contributed by atoms with Gasteiger partial charge >= 0.3 is 12.6 Å². The molecule has 9 heteroatoms. The Kier molecular flexibility index (Phi) is 6.10. The smallest absolute Gasteiger partial charge is 0.387 e. The van der Waals surface area contributed by atoms with Gasteiger partial charge in [-0.1, -0.05) is 17.7 Å². The van der Waals surface area contributed by atoms with Crippen molar-refractivity contribution in [3.8, 4) is 11.5 Å². The minimum atomic E-state index is -3.09. The lowest BCUT2D eigenvalue weighted by Gasteiger charge is -2.15. The number of alkyl halides is 2. The molecule has 0 aliphatic carbocycles. The maximum absolute atomic E-state index is 12.4. The van der Waals surface area contributed by atoms with E-state index in [1.54, 1.807) is 0 Å². The number of esters is 1. The molecule has 0 aromatic heterocycles. The van der Waals surface area contributed by atoms with E-state index in [9.17, 15) is 23.2 Å². The van der Waals surface area contributed by atoms with Crippen molar-refractivity contribution in [3.63, 3.8) is 0 Å². The molecule has 1 aromatic rings. The third-order valence-corrected chi connectivity index (χ3v) is 3.59. The lowest BCUT2D eigenvalue weighted by molar-refractivity contribution is -0.151. The van der Waals surface area contributed by atoms with Crippen LogP contribution in [0.3, 0.4) is 0 Å². The molecule has 0 amide bonds. The Morgan fingerprint density at radius 1 is 1.35 bits per heavy atom. The summed E-state index contributed by atoms with van der Waals surface area (Å²) >= 11 is 5.89. The summed E-state index contributed by atoms with van der Waals surface area (Å²) in [5.41, 5.74) is 0.310. The monoisotopic (exact) mass is 386 g/mol. The van der Waals surface area contributed by atoms with Crippen LogP contribution in [-0.4, -0.2) is 31.3 Å². The van der Waals surface area contributed by atoms with Crippen molar-refractivity contribution in [2.24, 2.45) is 5.92 Å². The number of cyclic esters (lactones) is 1. The molecular weight excluding hydrogens is 374 g/mol. The Balaban J connectivity index is 2.25. The van der Waals surface area contributed by atoms with Gasteiger partial charge in [-0.2, -0.15) is 8.78 Å². The van der Waals surface area contributed by atoms with E-state index in [4.69, 9.17) is 21.1 Å². The maximum atomic E-state index is 12.4. The number of halogens is 3. The Labute approximate surface area is 152 Å². The third-order valence-electron chi connectivity index (χ3n) is 3.31. The zero-order valence-electron chi connectivity index (χ0n) is 13.6. The zero-order chi connectivity index (χ0) is 19.4. The molecule has 0 saturated carbocycles. The first-order valence-electron chi connectivity index (χ1n) is 7.21. The van der Waals surface area contributed by atoms with Crippen LogP contribution in [0.5, 0.6) is 11.5 Å². The van der Waals surface area contributed by atoms with E-state index in [1.165, 1.54) is 32.2 Å². The second kappa shape index (κ2) is 8.09. The molecule has 0 bridgehead atoms. The quantitative estimate of drug-likeness (QED) is 0.424. The summed E-state index contributed by atoms with van der Waals surface area (Å²) in [7, 11) is 1.23. The van der Waals surface area contributed by atoms with Gasteiger partial charge in [0.1, 0.15) is 5.76 Å². The van der Waals surface area contributed by atoms with Crippen molar-refractivity contribution in [1.82, 2.24) is 0 Å². The third kappa shape index (κ3) is 4.45. The van der Waals surface area contributed by atoms with Crippen molar-refractivity contribution in [1.29, 1.82) is 0 Å². The first-order valence-corrected chi connectivity index (χ1v) is 7.58. The number of ketones is 2. The van der Waals surface area contributed by atoms with Crippen LogP contribution in [-0.2, 0) is 19.1 Å². The Morgan fingerprint density at radius 3 is 2.62 bits per heavy atom. The fourth-order valence-corrected chi connectivity index (χ4v) is 2.48. The van der Waals surface area contributed by atoms with Gasteiger partial charge in [0.15, 0.2) is 29.0 Å². The highest BCUT2D eigenvalue weighted by atomic mass is 35.5. The van der Waals surface area contributed by atoms with Crippen molar-refractivity contribution in [2.75, 3.05) is 7.11 Å². The number of carbonyl (C=O) groups excluding carboxylic acids is 3. The minimum absolute atomic E-state index is 0.0726. The standard InChI is InChI=1S/C17H13ClF2O6/c1-8-5-12(22)14(16(23)25-8)11(21)4-3-9-6-10(18)15(26-17(19)20)13(7-9)24-2/h3-7,14,17H,1-2H3. The van der Waals surface area contributed by atoms with E-state index >= 15 is 0 Å². The molecule has 0 fully saturated rings. The highest BCUT2D eigenvalue weighted by Gasteiger charge is 2.36. The molecular formula is C17H13ClF2O6. The van der Waals surface area contributed by atoms with E-state index < -0.39 is 30.1 Å². The molecule has 1 unspecified atom stereocenters. The van der Waals surface area contributed by atoms with Gasteiger partial charge in [0, 0.05) is 6.08 Å².